The third-order valence-corrected chi connectivity index (χ3v) is 6.48. The molecule has 2 bridgehead atoms. The Hall–Kier alpha value is -0.820. The average Bonchev–Trinajstić information content (AvgIpc) is 2.90. The van der Waals surface area contributed by atoms with E-state index in [1.807, 2.05) is 0 Å². The molecule has 0 aromatic heterocycles. The van der Waals surface area contributed by atoms with E-state index in [4.69, 9.17) is 0 Å². The Kier molecular flexibility index (Phi) is 3.57. The highest BCUT2D eigenvalue weighted by Crippen LogP contribution is 2.65. The summed E-state index contributed by atoms with van der Waals surface area (Å²) in [4.78, 5) is 0. The second kappa shape index (κ2) is 5.43. The number of nitrogens with one attached hydrogen (secondary N) is 1. The minimum Gasteiger partial charge on any atom is -0.307 e. The van der Waals surface area contributed by atoms with Crippen LogP contribution in [0.3, 0.4) is 0 Å². The molecule has 0 spiro atoms. The van der Waals surface area contributed by atoms with E-state index >= 15 is 0 Å². The zero-order chi connectivity index (χ0) is 14.4. The summed E-state index contributed by atoms with van der Waals surface area (Å²) in [7, 11) is 0. The van der Waals surface area contributed by atoms with Crippen LogP contribution in [0.25, 0.3) is 0 Å². The molecule has 1 nitrogen and oxygen atoms in total. The van der Waals surface area contributed by atoms with Gasteiger partial charge in [0.1, 0.15) is 0 Å². The van der Waals surface area contributed by atoms with Crippen LogP contribution in [0, 0.1) is 23.7 Å². The van der Waals surface area contributed by atoms with Crippen LogP contribution >= 0.6 is 0 Å². The van der Waals surface area contributed by atoms with Crippen LogP contribution in [-0.2, 0) is 6.42 Å². The lowest BCUT2D eigenvalue weighted by molar-refractivity contribution is 0.433. The molecule has 1 N–H and O–H groups in total. The summed E-state index contributed by atoms with van der Waals surface area (Å²) in [5, 5.41) is 3.94. The summed E-state index contributed by atoms with van der Waals surface area (Å²) in [6.07, 6.45) is 8.41. The van der Waals surface area contributed by atoms with E-state index in [-0.39, 0.29) is 0 Å². The van der Waals surface area contributed by atoms with Gasteiger partial charge in [-0.25, -0.2) is 0 Å². The number of aryl methyl sites for hydroxylation is 1. The summed E-state index contributed by atoms with van der Waals surface area (Å²) >= 11 is 0. The maximum absolute atomic E-state index is 3.94. The molecular formula is C20H29N. The van der Waals surface area contributed by atoms with Gasteiger partial charge in [-0.2, -0.15) is 0 Å². The fourth-order valence-electron chi connectivity index (χ4n) is 5.29. The molecule has 1 heteroatoms. The SMILES string of the molecule is CCCCc1ccc(C(C)NC2C3C4CCC(C4)C23)cc1. The molecule has 1 aromatic carbocycles. The summed E-state index contributed by atoms with van der Waals surface area (Å²) in [5.41, 5.74) is 2.96. The van der Waals surface area contributed by atoms with Crippen molar-refractivity contribution in [2.75, 3.05) is 0 Å². The Balaban J connectivity index is 1.34. The standard InChI is InChI=1S/C20H29N/c1-3-4-5-14-6-8-15(9-7-14)13(2)21-20-18-16-10-11-17(12-16)19(18)20/h6-9,13,16-21H,3-5,10-12H2,1-2H3. The van der Waals surface area contributed by atoms with Gasteiger partial charge in [0.05, 0.1) is 0 Å². The molecule has 4 rings (SSSR count). The Morgan fingerprint density at radius 2 is 1.76 bits per heavy atom. The lowest BCUT2D eigenvalue weighted by Gasteiger charge is -2.18. The largest absolute Gasteiger partial charge is 0.307 e. The molecule has 0 saturated heterocycles. The first-order chi connectivity index (χ1) is 10.3. The number of hydrogen-bond donors (Lipinski definition) is 1. The third-order valence-electron chi connectivity index (χ3n) is 6.48. The molecule has 0 radical (unpaired) electrons. The topological polar surface area (TPSA) is 12.0 Å². The van der Waals surface area contributed by atoms with Gasteiger partial charge in [0.25, 0.3) is 0 Å². The quantitative estimate of drug-likeness (QED) is 0.796. The molecule has 0 heterocycles. The van der Waals surface area contributed by atoms with Crippen molar-refractivity contribution in [1.82, 2.24) is 5.32 Å². The second-order valence-corrected chi connectivity index (χ2v) is 7.75. The van der Waals surface area contributed by atoms with Gasteiger partial charge >= 0.3 is 0 Å². The Labute approximate surface area is 129 Å². The van der Waals surface area contributed by atoms with Gasteiger partial charge in [-0.3, -0.25) is 0 Å². The molecule has 21 heavy (non-hydrogen) atoms. The van der Waals surface area contributed by atoms with Crippen LogP contribution in [0.1, 0.15) is 63.1 Å². The highest BCUT2D eigenvalue weighted by Gasteiger charge is 2.64. The van der Waals surface area contributed by atoms with Crippen molar-refractivity contribution < 1.29 is 0 Å². The Morgan fingerprint density at radius 1 is 1.10 bits per heavy atom. The van der Waals surface area contributed by atoms with Crippen LogP contribution in [0.4, 0.5) is 0 Å². The van der Waals surface area contributed by atoms with Gasteiger partial charge in [-0.05, 0) is 73.8 Å². The lowest BCUT2D eigenvalue weighted by atomic mass is 10.0. The van der Waals surface area contributed by atoms with Gasteiger partial charge < -0.3 is 5.32 Å². The zero-order valence-electron chi connectivity index (χ0n) is 13.5. The lowest BCUT2D eigenvalue weighted by Crippen LogP contribution is -2.26. The van der Waals surface area contributed by atoms with E-state index in [9.17, 15) is 0 Å². The smallest absolute Gasteiger partial charge is 0.0294 e. The monoisotopic (exact) mass is 283 g/mol. The van der Waals surface area contributed by atoms with Crippen molar-refractivity contribution in [3.05, 3.63) is 35.4 Å². The molecule has 1 aromatic rings. The molecule has 0 amide bonds. The van der Waals surface area contributed by atoms with Gasteiger partial charge in [0.15, 0.2) is 0 Å². The second-order valence-electron chi connectivity index (χ2n) is 7.75. The van der Waals surface area contributed by atoms with Gasteiger partial charge in [0, 0.05) is 12.1 Å². The van der Waals surface area contributed by atoms with E-state index in [1.165, 1.54) is 43.2 Å². The predicted molar refractivity (Wildman–Crippen MR) is 88.2 cm³/mol. The molecule has 5 atom stereocenters. The fourth-order valence-corrected chi connectivity index (χ4v) is 5.29. The fraction of sp³-hybridized carbons (Fsp3) is 0.700. The van der Waals surface area contributed by atoms with Crippen LogP contribution in [-0.4, -0.2) is 6.04 Å². The molecule has 3 aliphatic carbocycles. The van der Waals surface area contributed by atoms with Crippen LogP contribution in [0.5, 0.6) is 0 Å². The maximum Gasteiger partial charge on any atom is 0.0294 e. The van der Waals surface area contributed by atoms with Crippen molar-refractivity contribution in [2.45, 2.75) is 64.5 Å². The first-order valence-electron chi connectivity index (χ1n) is 9.13. The molecule has 5 unspecified atom stereocenters. The number of rotatable bonds is 6. The van der Waals surface area contributed by atoms with Crippen molar-refractivity contribution in [1.29, 1.82) is 0 Å². The van der Waals surface area contributed by atoms with E-state index < -0.39 is 0 Å². The highest BCUT2D eigenvalue weighted by atomic mass is 15.0. The van der Waals surface area contributed by atoms with Gasteiger partial charge in [-0.1, -0.05) is 37.6 Å². The highest BCUT2D eigenvalue weighted by molar-refractivity contribution is 5.26. The molecule has 0 aliphatic heterocycles. The molecule has 3 fully saturated rings. The normalized spacial score (nSPS) is 37.5. The van der Waals surface area contributed by atoms with Gasteiger partial charge in [-0.15, -0.1) is 0 Å². The maximum atomic E-state index is 3.94. The molecule has 3 aliphatic rings. The number of fused-ring (bicyclic) bond motifs is 5. The Morgan fingerprint density at radius 3 is 2.38 bits per heavy atom. The Bertz CT molecular complexity index is 475. The van der Waals surface area contributed by atoms with Crippen molar-refractivity contribution in [3.8, 4) is 0 Å². The summed E-state index contributed by atoms with van der Waals surface area (Å²) in [5.74, 6) is 4.22. The van der Waals surface area contributed by atoms with E-state index in [2.05, 4.69) is 43.4 Å². The number of benzene rings is 1. The summed E-state index contributed by atoms with van der Waals surface area (Å²) < 4.78 is 0. The predicted octanol–water partition coefficient (Wildman–Crippen LogP) is 4.72. The van der Waals surface area contributed by atoms with Crippen LogP contribution in [0.2, 0.25) is 0 Å². The van der Waals surface area contributed by atoms with E-state index in [1.54, 1.807) is 6.42 Å². The zero-order valence-corrected chi connectivity index (χ0v) is 13.5. The molecule has 3 saturated carbocycles. The number of unbranched alkanes of at least 4 members (excludes halogenated alkanes) is 1. The van der Waals surface area contributed by atoms with Crippen LogP contribution in [0.15, 0.2) is 24.3 Å². The first-order valence-corrected chi connectivity index (χ1v) is 9.13. The summed E-state index contributed by atoms with van der Waals surface area (Å²) in [6.45, 7) is 4.61. The van der Waals surface area contributed by atoms with Crippen LogP contribution < -0.4 is 5.32 Å². The summed E-state index contributed by atoms with van der Waals surface area (Å²) in [6, 6.07) is 10.7. The van der Waals surface area contributed by atoms with Crippen molar-refractivity contribution in [3.63, 3.8) is 0 Å². The molecular weight excluding hydrogens is 254 g/mol. The third kappa shape index (κ3) is 2.44. The minimum absolute atomic E-state index is 0.514. The minimum atomic E-state index is 0.514. The first kappa shape index (κ1) is 13.8. The van der Waals surface area contributed by atoms with Crippen molar-refractivity contribution >= 4 is 0 Å². The van der Waals surface area contributed by atoms with Crippen molar-refractivity contribution in [2.24, 2.45) is 23.7 Å². The number of hydrogen-bond acceptors (Lipinski definition) is 1. The molecule has 114 valence electrons. The van der Waals surface area contributed by atoms with E-state index in [0.29, 0.717) is 6.04 Å². The van der Waals surface area contributed by atoms with E-state index in [0.717, 1.165) is 29.7 Å². The average molecular weight is 283 g/mol. The van der Waals surface area contributed by atoms with Gasteiger partial charge in [0.2, 0.25) is 0 Å².